The Morgan fingerprint density at radius 1 is 0.667 bits per heavy atom. The lowest BCUT2D eigenvalue weighted by Crippen LogP contribution is -2.04. The third-order valence-electron chi connectivity index (χ3n) is 8.07. The molecule has 0 amide bonds. The Morgan fingerprint density at radius 3 is 1.78 bits per heavy atom. The second-order valence-corrected chi connectivity index (χ2v) is 11.8. The van der Waals surface area contributed by atoms with Gasteiger partial charge in [0.2, 0.25) is 0 Å². The van der Waals surface area contributed by atoms with Crippen LogP contribution < -0.4 is 10.6 Å². The van der Waals surface area contributed by atoms with Crippen LogP contribution in [0.25, 0.3) is 22.5 Å². The summed E-state index contributed by atoms with van der Waals surface area (Å²) in [5.74, 6) is -3.48. The summed E-state index contributed by atoms with van der Waals surface area (Å²) >= 11 is 0. The van der Waals surface area contributed by atoms with E-state index < -0.39 is 23.6 Å². The van der Waals surface area contributed by atoms with E-state index in [1.54, 1.807) is 79.9 Å². The van der Waals surface area contributed by atoms with Gasteiger partial charge < -0.3 is 20.8 Å². The Morgan fingerprint density at radius 2 is 1.24 bits per heavy atom. The molecule has 0 atom stereocenters. The summed E-state index contributed by atoms with van der Waals surface area (Å²) in [5, 5.41) is 24.8. The molecule has 6 aromatic rings. The molecule has 3 heterocycles. The minimum Gasteiger partial charge on any atom is -0.478 e. The lowest BCUT2D eigenvalue weighted by molar-refractivity contribution is 0.0687. The average molecular weight is 690 g/mol. The van der Waals surface area contributed by atoms with Gasteiger partial charge in [0.05, 0.1) is 75.6 Å². The van der Waals surface area contributed by atoms with Gasteiger partial charge in [-0.25, -0.2) is 22.8 Å². The number of aromatic carboxylic acids is 2. The number of anilines is 4. The van der Waals surface area contributed by atoms with Crippen molar-refractivity contribution < 1.29 is 33.0 Å². The number of carbonyl (C=O) groups is 2. The van der Waals surface area contributed by atoms with E-state index >= 15 is 0 Å². The molecule has 0 bridgehead atoms. The zero-order valence-electron chi connectivity index (χ0n) is 27.1. The van der Waals surface area contributed by atoms with Gasteiger partial charge in [-0.2, -0.15) is 0 Å². The van der Waals surface area contributed by atoms with Crippen molar-refractivity contribution in [1.29, 1.82) is 0 Å². The van der Waals surface area contributed by atoms with Gasteiger partial charge in [-0.3, -0.25) is 15.0 Å². The summed E-state index contributed by atoms with van der Waals surface area (Å²) in [4.78, 5) is 34.7. The molecular weight excluding hydrogens is 659 g/mol. The van der Waals surface area contributed by atoms with Crippen LogP contribution in [-0.4, -0.2) is 37.1 Å². The molecule has 0 aliphatic heterocycles. The summed E-state index contributed by atoms with van der Waals surface area (Å²) < 4.78 is 41.3. The normalized spacial score (nSPS) is 12.0. The first kappa shape index (κ1) is 34.3. The monoisotopic (exact) mass is 689 g/mol. The molecule has 12 heteroatoms. The standard InChI is InChI=1S/C21H17FN2O2.C18H13F2N3O2/c22-18-4-2-1-3-16(18)19-10-8-15(12-23-19)24-20-9-7-14(13-5-6-13)11-17(20)21(25)26;1-10-2-4-15(12(6-10)18(24)25)23-11-3-5-16(22-7-11)17-13(19)8-21-9-14(17)20/h1-4,7-13,24H,5-6H2,(H,25,26);2-9,23H,1H3,(H,24,25). The Balaban J connectivity index is 0.000000176. The molecule has 0 saturated heterocycles. The molecule has 1 saturated carbocycles. The second-order valence-electron chi connectivity index (χ2n) is 11.8. The molecule has 0 radical (unpaired) electrons. The van der Waals surface area contributed by atoms with Gasteiger partial charge in [0.1, 0.15) is 5.82 Å². The highest BCUT2D eigenvalue weighted by atomic mass is 19.1. The SMILES string of the molecule is Cc1ccc(Nc2ccc(-c3c(F)cncc3F)nc2)c(C(=O)O)c1.O=C(O)c1cc(C2CC2)ccc1Nc1ccc(-c2ccccc2F)nc1. The van der Waals surface area contributed by atoms with Gasteiger partial charge in [0.15, 0.2) is 11.6 Å². The molecule has 51 heavy (non-hydrogen) atoms. The fourth-order valence-electron chi connectivity index (χ4n) is 5.34. The van der Waals surface area contributed by atoms with Crippen LogP contribution in [0.15, 0.2) is 110 Å². The molecule has 256 valence electrons. The molecule has 3 aromatic heterocycles. The first-order valence-corrected chi connectivity index (χ1v) is 15.8. The van der Waals surface area contributed by atoms with Crippen molar-refractivity contribution in [3.63, 3.8) is 0 Å². The van der Waals surface area contributed by atoms with Crippen LogP contribution in [0, 0.1) is 24.4 Å². The minimum absolute atomic E-state index is 0.116. The number of pyridine rings is 3. The van der Waals surface area contributed by atoms with Crippen molar-refractivity contribution in [1.82, 2.24) is 15.0 Å². The topological polar surface area (TPSA) is 137 Å². The first-order valence-electron chi connectivity index (χ1n) is 15.8. The van der Waals surface area contributed by atoms with Crippen LogP contribution in [0.4, 0.5) is 35.9 Å². The first-order chi connectivity index (χ1) is 24.6. The smallest absolute Gasteiger partial charge is 0.337 e. The molecule has 7 rings (SSSR count). The molecule has 0 unspecified atom stereocenters. The zero-order chi connectivity index (χ0) is 36.1. The number of benzene rings is 3. The molecule has 1 fully saturated rings. The predicted molar refractivity (Wildman–Crippen MR) is 187 cm³/mol. The molecule has 1 aliphatic carbocycles. The number of carboxylic acid groups (broad SMARTS) is 2. The highest BCUT2D eigenvalue weighted by molar-refractivity contribution is 5.96. The third kappa shape index (κ3) is 8.19. The molecule has 4 N–H and O–H groups in total. The summed E-state index contributed by atoms with van der Waals surface area (Å²) in [6, 6.07) is 23.4. The van der Waals surface area contributed by atoms with Crippen molar-refractivity contribution in [3.05, 3.63) is 149 Å². The van der Waals surface area contributed by atoms with E-state index in [1.807, 2.05) is 6.07 Å². The lowest BCUT2D eigenvalue weighted by atomic mass is 10.0. The van der Waals surface area contributed by atoms with E-state index in [4.69, 9.17) is 0 Å². The number of rotatable bonds is 9. The summed E-state index contributed by atoms with van der Waals surface area (Å²) in [5.41, 5.74) is 5.11. The number of aromatic nitrogens is 3. The second kappa shape index (κ2) is 14.9. The maximum absolute atomic E-state index is 13.9. The number of aryl methyl sites for hydroxylation is 1. The number of carboxylic acids is 2. The highest BCUT2D eigenvalue weighted by Gasteiger charge is 2.25. The average Bonchev–Trinajstić information content (AvgIpc) is 3.97. The quantitative estimate of drug-likeness (QED) is 0.117. The fraction of sp³-hybridized carbons (Fsp3) is 0.103. The van der Waals surface area contributed by atoms with Gasteiger partial charge in [-0.05, 0) is 91.9 Å². The minimum atomic E-state index is -1.06. The van der Waals surface area contributed by atoms with Crippen molar-refractivity contribution in [2.45, 2.75) is 25.7 Å². The van der Waals surface area contributed by atoms with Gasteiger partial charge in [0, 0.05) is 5.56 Å². The molecular formula is C39H30F3N5O4. The summed E-state index contributed by atoms with van der Waals surface area (Å²) in [7, 11) is 0. The Hall–Kier alpha value is -6.56. The van der Waals surface area contributed by atoms with Gasteiger partial charge in [0.25, 0.3) is 0 Å². The Labute approximate surface area is 290 Å². The largest absolute Gasteiger partial charge is 0.478 e. The molecule has 9 nitrogen and oxygen atoms in total. The van der Waals surface area contributed by atoms with Crippen molar-refractivity contribution in [2.75, 3.05) is 10.6 Å². The van der Waals surface area contributed by atoms with Crippen LogP contribution in [0.2, 0.25) is 0 Å². The molecule has 3 aromatic carbocycles. The summed E-state index contributed by atoms with van der Waals surface area (Å²) in [6.07, 6.45) is 7.01. The van der Waals surface area contributed by atoms with Crippen LogP contribution in [0.1, 0.15) is 50.6 Å². The maximum atomic E-state index is 13.9. The number of nitrogens with one attached hydrogen (secondary N) is 2. The van der Waals surface area contributed by atoms with Crippen LogP contribution in [-0.2, 0) is 0 Å². The van der Waals surface area contributed by atoms with Crippen molar-refractivity contribution >= 4 is 34.7 Å². The third-order valence-corrected chi connectivity index (χ3v) is 8.07. The van der Waals surface area contributed by atoms with E-state index in [0.29, 0.717) is 39.9 Å². The lowest BCUT2D eigenvalue weighted by Gasteiger charge is -2.12. The molecule has 1 aliphatic rings. The zero-order valence-corrected chi connectivity index (χ0v) is 27.1. The highest BCUT2D eigenvalue weighted by Crippen LogP contribution is 2.41. The Kier molecular flexibility index (Phi) is 10.0. The predicted octanol–water partition coefficient (Wildman–Crippen LogP) is 9.38. The van der Waals surface area contributed by atoms with Gasteiger partial charge in [-0.15, -0.1) is 0 Å². The fourth-order valence-corrected chi connectivity index (χ4v) is 5.34. The maximum Gasteiger partial charge on any atom is 0.337 e. The summed E-state index contributed by atoms with van der Waals surface area (Å²) in [6.45, 7) is 1.80. The van der Waals surface area contributed by atoms with Crippen LogP contribution >= 0.6 is 0 Å². The van der Waals surface area contributed by atoms with Crippen LogP contribution in [0.3, 0.4) is 0 Å². The van der Waals surface area contributed by atoms with Gasteiger partial charge in [-0.1, -0.05) is 29.8 Å². The number of nitrogens with zero attached hydrogens (tertiary/aromatic N) is 3. The molecule has 0 spiro atoms. The Bertz CT molecular complexity index is 2210. The number of hydrogen-bond acceptors (Lipinski definition) is 7. The number of hydrogen-bond donors (Lipinski definition) is 4. The van der Waals surface area contributed by atoms with Gasteiger partial charge >= 0.3 is 11.9 Å². The van der Waals surface area contributed by atoms with E-state index in [9.17, 15) is 33.0 Å². The van der Waals surface area contributed by atoms with E-state index in [0.717, 1.165) is 36.4 Å². The van der Waals surface area contributed by atoms with E-state index in [2.05, 4.69) is 25.6 Å². The van der Waals surface area contributed by atoms with Crippen molar-refractivity contribution in [2.24, 2.45) is 0 Å². The van der Waals surface area contributed by atoms with Crippen LogP contribution in [0.5, 0.6) is 0 Å². The van der Waals surface area contributed by atoms with E-state index in [-0.39, 0.29) is 28.2 Å². The number of halogens is 3. The van der Waals surface area contributed by atoms with E-state index in [1.165, 1.54) is 18.3 Å². The van der Waals surface area contributed by atoms with Crippen molar-refractivity contribution in [3.8, 4) is 22.5 Å².